The number of nitrogens with zero attached hydrogens (tertiary/aromatic N) is 1. The monoisotopic (exact) mass is 434 g/mol. The summed E-state index contributed by atoms with van der Waals surface area (Å²) in [4.78, 5) is 10.9. The fourth-order valence-electron chi connectivity index (χ4n) is 3.34. The fraction of sp³-hybridized carbons (Fsp3) is 0.167. The fourth-order valence-corrected chi connectivity index (χ4v) is 3.62. The molecule has 31 heavy (non-hydrogen) atoms. The van der Waals surface area contributed by atoms with Crippen molar-refractivity contribution >= 4 is 40.0 Å². The van der Waals surface area contributed by atoms with Gasteiger partial charge in [-0.05, 0) is 29.3 Å². The number of nitrogens with one attached hydrogen (secondary N) is 3. The molecule has 0 spiro atoms. The lowest BCUT2D eigenvalue weighted by Gasteiger charge is -2.10. The predicted octanol–water partition coefficient (Wildman–Crippen LogP) is 5.12. The summed E-state index contributed by atoms with van der Waals surface area (Å²) in [6.07, 6.45) is 0. The Hall–Kier alpha value is -3.35. The summed E-state index contributed by atoms with van der Waals surface area (Å²) >= 11 is 6.68. The Labute approximate surface area is 185 Å². The van der Waals surface area contributed by atoms with E-state index in [4.69, 9.17) is 16.1 Å². The average molecular weight is 435 g/mol. The van der Waals surface area contributed by atoms with E-state index in [1.807, 2.05) is 66.7 Å². The van der Waals surface area contributed by atoms with Gasteiger partial charge in [0, 0.05) is 32.1 Å². The molecular formula is C24H23ClN4O2. The maximum absolute atomic E-state index is 10.9. The van der Waals surface area contributed by atoms with E-state index in [-0.39, 0.29) is 5.91 Å². The zero-order valence-corrected chi connectivity index (χ0v) is 17.9. The zero-order valence-electron chi connectivity index (χ0n) is 17.1. The highest BCUT2D eigenvalue weighted by Crippen LogP contribution is 2.36. The minimum Gasteiger partial charge on any atom is -0.355 e. The number of hydrogen-bond donors (Lipinski definition) is 3. The van der Waals surface area contributed by atoms with Gasteiger partial charge in [-0.1, -0.05) is 65.3 Å². The summed E-state index contributed by atoms with van der Waals surface area (Å²) in [5.74, 6) is 0.589. The number of fused-ring (bicyclic) bond motifs is 1. The van der Waals surface area contributed by atoms with Gasteiger partial charge in [0.25, 0.3) is 0 Å². The van der Waals surface area contributed by atoms with Crippen LogP contribution in [0, 0.1) is 0 Å². The van der Waals surface area contributed by atoms with Gasteiger partial charge in [0.2, 0.25) is 5.91 Å². The predicted molar refractivity (Wildman–Crippen MR) is 125 cm³/mol. The van der Waals surface area contributed by atoms with Crippen LogP contribution in [0.3, 0.4) is 0 Å². The quantitative estimate of drug-likeness (QED) is 0.335. The maximum atomic E-state index is 10.9. The molecule has 0 aliphatic carbocycles. The van der Waals surface area contributed by atoms with Crippen LogP contribution in [-0.2, 0) is 11.3 Å². The van der Waals surface area contributed by atoms with Crippen LogP contribution in [0.15, 0.2) is 71.3 Å². The van der Waals surface area contributed by atoms with Crippen LogP contribution in [0.4, 0.5) is 11.5 Å². The van der Waals surface area contributed by atoms with Crippen molar-refractivity contribution in [3.63, 3.8) is 0 Å². The Morgan fingerprint density at radius 3 is 2.68 bits per heavy atom. The highest BCUT2D eigenvalue weighted by atomic mass is 35.5. The van der Waals surface area contributed by atoms with Crippen LogP contribution in [0.5, 0.6) is 0 Å². The van der Waals surface area contributed by atoms with E-state index in [2.05, 4.69) is 21.1 Å². The highest BCUT2D eigenvalue weighted by Gasteiger charge is 2.13. The topological polar surface area (TPSA) is 79.2 Å². The smallest absolute Gasteiger partial charge is 0.216 e. The number of carbonyl (C=O) groups excluding carboxylic acids is 1. The van der Waals surface area contributed by atoms with Crippen molar-refractivity contribution in [2.75, 3.05) is 18.4 Å². The van der Waals surface area contributed by atoms with E-state index >= 15 is 0 Å². The minimum absolute atomic E-state index is 0.0284. The molecule has 0 aliphatic rings. The molecule has 4 rings (SSSR count). The molecule has 1 amide bonds. The van der Waals surface area contributed by atoms with Crippen LogP contribution < -0.4 is 16.0 Å². The lowest BCUT2D eigenvalue weighted by molar-refractivity contribution is -0.118. The SMILES string of the molecule is CC(=O)NCCNCc1ccc2c(Nc3cccc(-c4ccccc4)c3Cl)noc2c1. The molecule has 158 valence electrons. The molecule has 0 atom stereocenters. The molecule has 0 bridgehead atoms. The number of anilines is 2. The molecule has 4 aromatic rings. The van der Waals surface area contributed by atoms with Crippen LogP contribution in [-0.4, -0.2) is 24.2 Å². The summed E-state index contributed by atoms with van der Waals surface area (Å²) in [6, 6.07) is 21.9. The third-order valence-corrected chi connectivity index (χ3v) is 5.29. The lowest BCUT2D eigenvalue weighted by atomic mass is 10.0. The summed E-state index contributed by atoms with van der Waals surface area (Å²) in [5, 5.41) is 15.0. The first kappa shape index (κ1) is 20.9. The van der Waals surface area contributed by atoms with E-state index in [9.17, 15) is 4.79 Å². The van der Waals surface area contributed by atoms with Crippen LogP contribution in [0.2, 0.25) is 5.02 Å². The van der Waals surface area contributed by atoms with Gasteiger partial charge in [0.1, 0.15) is 0 Å². The molecule has 1 aromatic heterocycles. The standard InChI is InChI=1S/C24H23ClN4O2/c1-16(30)27-13-12-26-15-17-10-11-20-22(14-17)31-29-24(20)28-21-9-5-8-19(23(21)25)18-6-3-2-4-7-18/h2-11,14,26H,12-13,15H2,1H3,(H,27,30)(H,28,29). The van der Waals surface area contributed by atoms with Gasteiger partial charge in [-0.15, -0.1) is 0 Å². The Morgan fingerprint density at radius 1 is 1.03 bits per heavy atom. The molecule has 0 saturated carbocycles. The van der Waals surface area contributed by atoms with Crippen LogP contribution in [0.1, 0.15) is 12.5 Å². The Balaban J connectivity index is 1.48. The molecule has 3 N–H and O–H groups in total. The summed E-state index contributed by atoms with van der Waals surface area (Å²) < 4.78 is 5.54. The third-order valence-electron chi connectivity index (χ3n) is 4.88. The van der Waals surface area contributed by atoms with Gasteiger partial charge >= 0.3 is 0 Å². The van der Waals surface area contributed by atoms with Crippen molar-refractivity contribution in [3.8, 4) is 11.1 Å². The normalized spacial score (nSPS) is 10.9. The third kappa shape index (κ3) is 5.05. The summed E-state index contributed by atoms with van der Waals surface area (Å²) in [7, 11) is 0. The molecule has 0 saturated heterocycles. The first-order chi connectivity index (χ1) is 15.1. The van der Waals surface area contributed by atoms with Crippen molar-refractivity contribution in [1.82, 2.24) is 15.8 Å². The van der Waals surface area contributed by atoms with Crippen molar-refractivity contribution in [1.29, 1.82) is 0 Å². The average Bonchev–Trinajstić information content (AvgIpc) is 3.17. The van der Waals surface area contributed by atoms with E-state index < -0.39 is 0 Å². The largest absolute Gasteiger partial charge is 0.355 e. The zero-order chi connectivity index (χ0) is 21.6. The second kappa shape index (κ2) is 9.64. The second-order valence-electron chi connectivity index (χ2n) is 7.18. The van der Waals surface area contributed by atoms with E-state index in [1.54, 1.807) is 0 Å². The van der Waals surface area contributed by atoms with Gasteiger partial charge in [0.15, 0.2) is 11.4 Å². The van der Waals surface area contributed by atoms with Gasteiger partial charge in [-0.3, -0.25) is 4.79 Å². The van der Waals surface area contributed by atoms with Gasteiger partial charge < -0.3 is 20.5 Å². The van der Waals surface area contributed by atoms with Gasteiger partial charge in [0.05, 0.1) is 16.1 Å². The lowest BCUT2D eigenvalue weighted by Crippen LogP contribution is -2.29. The first-order valence-corrected chi connectivity index (χ1v) is 10.4. The molecule has 0 unspecified atom stereocenters. The van der Waals surface area contributed by atoms with E-state index in [0.717, 1.165) is 27.8 Å². The van der Waals surface area contributed by atoms with E-state index in [0.29, 0.717) is 36.1 Å². The van der Waals surface area contributed by atoms with Crippen LogP contribution >= 0.6 is 11.6 Å². The Kier molecular flexibility index (Phi) is 6.50. The molecule has 6 nitrogen and oxygen atoms in total. The van der Waals surface area contributed by atoms with Crippen molar-refractivity contribution in [3.05, 3.63) is 77.3 Å². The van der Waals surface area contributed by atoms with E-state index in [1.165, 1.54) is 6.92 Å². The highest BCUT2D eigenvalue weighted by molar-refractivity contribution is 6.36. The summed E-state index contributed by atoms with van der Waals surface area (Å²) in [5.41, 5.74) is 4.53. The maximum Gasteiger partial charge on any atom is 0.216 e. The molecular weight excluding hydrogens is 412 g/mol. The second-order valence-corrected chi connectivity index (χ2v) is 7.56. The number of halogens is 1. The first-order valence-electron chi connectivity index (χ1n) is 10.1. The molecule has 0 fully saturated rings. The van der Waals surface area contributed by atoms with Gasteiger partial charge in [-0.2, -0.15) is 0 Å². The number of benzene rings is 3. The number of amides is 1. The van der Waals surface area contributed by atoms with Crippen molar-refractivity contribution in [2.24, 2.45) is 0 Å². The van der Waals surface area contributed by atoms with Crippen LogP contribution in [0.25, 0.3) is 22.1 Å². The molecule has 3 aromatic carbocycles. The number of aromatic nitrogens is 1. The number of hydrogen-bond acceptors (Lipinski definition) is 5. The molecule has 0 radical (unpaired) electrons. The van der Waals surface area contributed by atoms with Crippen molar-refractivity contribution < 1.29 is 9.32 Å². The Bertz CT molecular complexity index is 1190. The molecule has 1 heterocycles. The Morgan fingerprint density at radius 2 is 1.87 bits per heavy atom. The van der Waals surface area contributed by atoms with Gasteiger partial charge in [-0.25, -0.2) is 0 Å². The minimum atomic E-state index is -0.0284. The number of rotatable bonds is 8. The molecule has 7 heteroatoms. The van der Waals surface area contributed by atoms with Crippen molar-refractivity contribution in [2.45, 2.75) is 13.5 Å². The molecule has 0 aliphatic heterocycles. The summed E-state index contributed by atoms with van der Waals surface area (Å²) in [6.45, 7) is 3.46. The number of carbonyl (C=O) groups is 1.